The summed E-state index contributed by atoms with van der Waals surface area (Å²) in [7, 11) is 1.60. The second-order valence-electron chi connectivity index (χ2n) is 9.31. The Morgan fingerprint density at radius 3 is 2.53 bits per heavy atom. The summed E-state index contributed by atoms with van der Waals surface area (Å²) in [5.41, 5.74) is 2.87. The van der Waals surface area contributed by atoms with Crippen LogP contribution in [0.25, 0.3) is 11.0 Å². The summed E-state index contributed by atoms with van der Waals surface area (Å²) in [6.45, 7) is 5.88. The zero-order valence-electron chi connectivity index (χ0n) is 21.9. The van der Waals surface area contributed by atoms with Gasteiger partial charge in [-0.05, 0) is 49.2 Å². The van der Waals surface area contributed by atoms with Gasteiger partial charge < -0.3 is 23.9 Å². The fourth-order valence-corrected chi connectivity index (χ4v) is 4.99. The van der Waals surface area contributed by atoms with Gasteiger partial charge in [0.25, 0.3) is 5.91 Å². The van der Waals surface area contributed by atoms with Crippen molar-refractivity contribution < 1.29 is 18.7 Å². The molecule has 5 rings (SSSR count). The Bertz CT molecular complexity index is 1450. The van der Waals surface area contributed by atoms with E-state index < -0.39 is 0 Å². The molecule has 0 bridgehead atoms. The molecule has 0 spiro atoms. The molecule has 2 aromatic heterocycles. The maximum absolute atomic E-state index is 14.2. The number of amides is 2. The van der Waals surface area contributed by atoms with Crippen molar-refractivity contribution >= 4 is 34.4 Å². The average Bonchev–Trinajstić information content (AvgIpc) is 3.24. The van der Waals surface area contributed by atoms with Crippen LogP contribution in [-0.4, -0.2) is 60.0 Å². The largest absolute Gasteiger partial charge is 0.497 e. The van der Waals surface area contributed by atoms with Gasteiger partial charge in [0.2, 0.25) is 11.9 Å². The average molecular weight is 514 g/mol. The van der Waals surface area contributed by atoms with E-state index in [2.05, 4.69) is 14.9 Å². The molecule has 9 heteroatoms. The minimum atomic E-state index is -0.146. The number of benzene rings is 2. The summed E-state index contributed by atoms with van der Waals surface area (Å²) in [5.74, 6) is 1.61. The van der Waals surface area contributed by atoms with Gasteiger partial charge in [-0.15, -0.1) is 0 Å². The fourth-order valence-electron chi connectivity index (χ4n) is 4.99. The van der Waals surface area contributed by atoms with E-state index in [0.717, 1.165) is 17.7 Å². The van der Waals surface area contributed by atoms with E-state index in [1.54, 1.807) is 37.4 Å². The smallest absolute Gasteiger partial charge is 0.258 e. The maximum Gasteiger partial charge on any atom is 0.258 e. The molecule has 0 unspecified atom stereocenters. The molecular weight excluding hydrogens is 482 g/mol. The predicted molar refractivity (Wildman–Crippen MR) is 146 cm³/mol. The number of hydrogen-bond donors (Lipinski definition) is 0. The molecule has 1 aliphatic rings. The van der Waals surface area contributed by atoms with Crippen LogP contribution in [0.5, 0.6) is 5.75 Å². The summed E-state index contributed by atoms with van der Waals surface area (Å²) in [4.78, 5) is 41.5. The summed E-state index contributed by atoms with van der Waals surface area (Å²) in [5, 5.41) is 0.711. The molecule has 0 saturated carbocycles. The zero-order valence-corrected chi connectivity index (χ0v) is 21.9. The van der Waals surface area contributed by atoms with Gasteiger partial charge in [-0.25, -0.2) is 9.97 Å². The number of aryl methyl sites for hydroxylation is 1. The molecule has 38 heavy (non-hydrogen) atoms. The number of carbonyl (C=O) groups excluding carboxylic acids is 2. The van der Waals surface area contributed by atoms with Crippen molar-refractivity contribution in [3.05, 3.63) is 77.8 Å². The molecule has 0 fully saturated rings. The van der Waals surface area contributed by atoms with Crippen LogP contribution in [0.2, 0.25) is 0 Å². The number of rotatable bonds is 3. The van der Waals surface area contributed by atoms with Crippen molar-refractivity contribution in [2.45, 2.75) is 26.8 Å². The van der Waals surface area contributed by atoms with E-state index in [1.165, 1.54) is 0 Å². The first-order valence-electron chi connectivity index (χ1n) is 12.7. The minimum absolute atomic E-state index is 0.0409. The minimum Gasteiger partial charge on any atom is -0.497 e. The van der Waals surface area contributed by atoms with Crippen LogP contribution < -0.4 is 14.5 Å². The standard InChI is InChI=1S/C29H31N5O4/c1-20-27(24-18-23(37-3)10-11-26(24)38-20)28(36)33-17-16-32(29-30-12-6-13-31-29)14-7-15-34(21(2)35)25-9-5-4-8-22(25)19-33/h4-6,8-13,18H,7,14-17,19H2,1-3H3. The Morgan fingerprint density at radius 2 is 1.76 bits per heavy atom. The maximum atomic E-state index is 14.2. The first kappa shape index (κ1) is 25.3. The molecule has 0 aliphatic carbocycles. The molecule has 4 aromatic rings. The van der Waals surface area contributed by atoms with Crippen molar-refractivity contribution in [1.82, 2.24) is 14.9 Å². The van der Waals surface area contributed by atoms with E-state index >= 15 is 0 Å². The van der Waals surface area contributed by atoms with Gasteiger partial charge in [0, 0.05) is 63.1 Å². The van der Waals surface area contributed by atoms with Crippen molar-refractivity contribution in [2.75, 3.05) is 43.1 Å². The fraction of sp³-hybridized carbons (Fsp3) is 0.310. The number of nitrogens with zero attached hydrogens (tertiary/aromatic N) is 5. The lowest BCUT2D eigenvalue weighted by Gasteiger charge is -2.28. The summed E-state index contributed by atoms with van der Waals surface area (Å²) in [6.07, 6.45) is 4.15. The summed E-state index contributed by atoms with van der Waals surface area (Å²) in [6, 6.07) is 15.0. The van der Waals surface area contributed by atoms with Crippen LogP contribution in [0.15, 0.2) is 65.3 Å². The molecule has 0 atom stereocenters. The zero-order chi connectivity index (χ0) is 26.6. The van der Waals surface area contributed by atoms with Gasteiger partial charge in [0.05, 0.1) is 12.7 Å². The Balaban J connectivity index is 1.57. The van der Waals surface area contributed by atoms with Crippen molar-refractivity contribution in [2.24, 2.45) is 0 Å². The Kier molecular flexibility index (Phi) is 7.26. The third-order valence-electron chi connectivity index (χ3n) is 6.88. The lowest BCUT2D eigenvalue weighted by Crippen LogP contribution is -2.39. The Morgan fingerprint density at radius 1 is 0.974 bits per heavy atom. The predicted octanol–water partition coefficient (Wildman–Crippen LogP) is 4.45. The highest BCUT2D eigenvalue weighted by atomic mass is 16.5. The van der Waals surface area contributed by atoms with Gasteiger partial charge in [-0.1, -0.05) is 18.2 Å². The van der Waals surface area contributed by atoms with Gasteiger partial charge in [-0.3, -0.25) is 9.59 Å². The van der Waals surface area contributed by atoms with Crippen LogP contribution >= 0.6 is 0 Å². The van der Waals surface area contributed by atoms with Crippen LogP contribution in [0.3, 0.4) is 0 Å². The van der Waals surface area contributed by atoms with E-state index in [0.29, 0.717) is 66.7 Å². The van der Waals surface area contributed by atoms with Crippen molar-refractivity contribution in [3.63, 3.8) is 0 Å². The topological polar surface area (TPSA) is 92.0 Å². The molecule has 196 valence electrons. The first-order valence-corrected chi connectivity index (χ1v) is 12.7. The second kappa shape index (κ2) is 10.9. The summed E-state index contributed by atoms with van der Waals surface area (Å²) >= 11 is 0. The Labute approximate surface area is 221 Å². The number of para-hydroxylation sites is 1. The monoisotopic (exact) mass is 513 g/mol. The number of methoxy groups -OCH3 is 1. The number of furan rings is 1. The molecule has 2 aromatic carbocycles. The molecule has 1 aliphatic heterocycles. The number of fused-ring (bicyclic) bond motifs is 2. The van der Waals surface area contributed by atoms with Gasteiger partial charge in [0.1, 0.15) is 17.1 Å². The molecule has 3 heterocycles. The van der Waals surface area contributed by atoms with Gasteiger partial charge >= 0.3 is 0 Å². The molecule has 0 N–H and O–H groups in total. The number of carbonyl (C=O) groups is 2. The molecule has 0 saturated heterocycles. The molecular formula is C29H31N5O4. The third-order valence-corrected chi connectivity index (χ3v) is 6.88. The number of ether oxygens (including phenoxy) is 1. The van der Waals surface area contributed by atoms with Crippen LogP contribution in [-0.2, 0) is 11.3 Å². The highest BCUT2D eigenvalue weighted by molar-refractivity contribution is 6.07. The van der Waals surface area contributed by atoms with Crippen LogP contribution in [0.4, 0.5) is 11.6 Å². The second-order valence-corrected chi connectivity index (χ2v) is 9.31. The lowest BCUT2D eigenvalue weighted by molar-refractivity contribution is -0.116. The highest BCUT2D eigenvalue weighted by Gasteiger charge is 2.27. The number of hydrogen-bond acceptors (Lipinski definition) is 7. The number of anilines is 2. The quantitative estimate of drug-likeness (QED) is 0.400. The lowest BCUT2D eigenvalue weighted by atomic mass is 10.1. The molecule has 9 nitrogen and oxygen atoms in total. The number of aromatic nitrogens is 2. The van der Waals surface area contributed by atoms with E-state index in [-0.39, 0.29) is 11.8 Å². The van der Waals surface area contributed by atoms with Crippen molar-refractivity contribution in [1.29, 1.82) is 0 Å². The third kappa shape index (κ3) is 5.04. The molecule has 2 amide bonds. The van der Waals surface area contributed by atoms with Crippen LogP contribution in [0, 0.1) is 6.92 Å². The van der Waals surface area contributed by atoms with E-state index in [9.17, 15) is 9.59 Å². The van der Waals surface area contributed by atoms with Gasteiger partial charge in [0.15, 0.2) is 0 Å². The van der Waals surface area contributed by atoms with Gasteiger partial charge in [-0.2, -0.15) is 0 Å². The highest BCUT2D eigenvalue weighted by Crippen LogP contribution is 2.31. The normalized spacial score (nSPS) is 14.7. The van der Waals surface area contributed by atoms with E-state index in [1.807, 2.05) is 54.3 Å². The SMILES string of the molecule is COc1ccc2oc(C)c(C(=O)N3CCN(c4ncccn4)CCCN(C(C)=O)c4ccccc4C3)c2c1. The summed E-state index contributed by atoms with van der Waals surface area (Å²) < 4.78 is 11.4. The van der Waals surface area contributed by atoms with Crippen LogP contribution in [0.1, 0.15) is 35.0 Å². The van der Waals surface area contributed by atoms with E-state index in [4.69, 9.17) is 9.15 Å². The molecule has 0 radical (unpaired) electrons. The Hall–Kier alpha value is -4.40. The first-order chi connectivity index (χ1) is 18.5. The van der Waals surface area contributed by atoms with Crippen molar-refractivity contribution in [3.8, 4) is 5.75 Å².